The zero-order chi connectivity index (χ0) is 16.5. The summed E-state index contributed by atoms with van der Waals surface area (Å²) in [6.07, 6.45) is 1.94. The molecule has 3 fully saturated rings. The molecular formula is C17H24Cl2N4O2. The van der Waals surface area contributed by atoms with Gasteiger partial charge in [0, 0.05) is 36.5 Å². The number of piperidine rings is 1. The van der Waals surface area contributed by atoms with Gasteiger partial charge in [-0.15, -0.1) is 12.4 Å². The molecule has 4 atom stereocenters. The van der Waals surface area contributed by atoms with E-state index >= 15 is 0 Å². The monoisotopic (exact) mass is 386 g/mol. The van der Waals surface area contributed by atoms with E-state index in [1.807, 2.05) is 29.2 Å². The molecule has 8 heteroatoms. The van der Waals surface area contributed by atoms with E-state index in [1.54, 1.807) is 0 Å². The van der Waals surface area contributed by atoms with Crippen molar-refractivity contribution in [2.45, 2.75) is 31.0 Å². The van der Waals surface area contributed by atoms with Crippen LogP contribution < -0.4 is 20.9 Å². The molecule has 4 rings (SSSR count). The summed E-state index contributed by atoms with van der Waals surface area (Å²) >= 11 is 5.99. The van der Waals surface area contributed by atoms with E-state index in [1.165, 1.54) is 0 Å². The van der Waals surface area contributed by atoms with Gasteiger partial charge in [-0.1, -0.05) is 17.7 Å². The lowest BCUT2D eigenvalue weighted by Gasteiger charge is -2.29. The Labute approximate surface area is 159 Å². The Morgan fingerprint density at radius 1 is 1.28 bits per heavy atom. The highest BCUT2D eigenvalue weighted by Gasteiger charge is 2.43. The zero-order valence-corrected chi connectivity index (χ0v) is 15.5. The molecule has 3 saturated heterocycles. The number of hydrazine groups is 1. The molecule has 1 amide bonds. The summed E-state index contributed by atoms with van der Waals surface area (Å²) in [5.74, 6) is 1.26. The van der Waals surface area contributed by atoms with Gasteiger partial charge in [-0.05, 0) is 31.2 Å². The summed E-state index contributed by atoms with van der Waals surface area (Å²) in [5.41, 5.74) is 6.49. The van der Waals surface area contributed by atoms with E-state index in [0.29, 0.717) is 23.5 Å². The number of ether oxygens (including phenoxy) is 1. The van der Waals surface area contributed by atoms with Crippen LogP contribution in [0.3, 0.4) is 0 Å². The highest BCUT2D eigenvalue weighted by Crippen LogP contribution is 2.25. The smallest absolute Gasteiger partial charge is 0.241 e. The van der Waals surface area contributed by atoms with Gasteiger partial charge in [0.05, 0.1) is 6.54 Å². The van der Waals surface area contributed by atoms with Gasteiger partial charge in [0.25, 0.3) is 0 Å². The number of benzene rings is 1. The second-order valence-electron chi connectivity index (χ2n) is 6.80. The molecule has 0 saturated carbocycles. The number of likely N-dealkylation sites (tertiary alicyclic amines) is 1. The maximum absolute atomic E-state index is 12.9. The van der Waals surface area contributed by atoms with Crippen molar-refractivity contribution >= 4 is 29.9 Å². The third kappa shape index (κ3) is 4.04. The van der Waals surface area contributed by atoms with Crippen LogP contribution in [-0.4, -0.2) is 55.2 Å². The number of hydrogen-bond donors (Lipinski definition) is 3. The predicted molar refractivity (Wildman–Crippen MR) is 99.1 cm³/mol. The van der Waals surface area contributed by atoms with Gasteiger partial charge in [-0.3, -0.25) is 10.2 Å². The van der Waals surface area contributed by atoms with Crippen molar-refractivity contribution in [2.75, 3.05) is 26.2 Å². The van der Waals surface area contributed by atoms with Crippen molar-refractivity contribution in [3.63, 3.8) is 0 Å². The van der Waals surface area contributed by atoms with Gasteiger partial charge in [0.15, 0.2) is 0 Å². The average Bonchev–Trinajstić information content (AvgIpc) is 3.21. The number of nitrogens with one attached hydrogen (secondary N) is 3. The van der Waals surface area contributed by atoms with Gasteiger partial charge >= 0.3 is 0 Å². The molecule has 0 aromatic heterocycles. The van der Waals surface area contributed by atoms with Gasteiger partial charge in [-0.2, -0.15) is 0 Å². The third-order valence-electron chi connectivity index (χ3n) is 5.20. The summed E-state index contributed by atoms with van der Waals surface area (Å²) < 4.78 is 5.98. The van der Waals surface area contributed by atoms with Crippen molar-refractivity contribution < 1.29 is 9.53 Å². The fourth-order valence-electron chi connectivity index (χ4n) is 3.91. The molecule has 25 heavy (non-hydrogen) atoms. The van der Waals surface area contributed by atoms with Crippen LogP contribution in [0.1, 0.15) is 12.8 Å². The van der Waals surface area contributed by atoms with Crippen molar-refractivity contribution in [3.05, 3.63) is 29.3 Å². The summed E-state index contributed by atoms with van der Waals surface area (Å²) in [6, 6.07) is 7.66. The second-order valence-corrected chi connectivity index (χ2v) is 7.24. The number of hydrogen-bond acceptors (Lipinski definition) is 5. The first-order chi connectivity index (χ1) is 11.7. The molecular weight excluding hydrogens is 363 g/mol. The molecule has 6 nitrogen and oxygen atoms in total. The zero-order valence-electron chi connectivity index (χ0n) is 13.9. The summed E-state index contributed by atoms with van der Waals surface area (Å²) in [6.45, 7) is 3.27. The topological polar surface area (TPSA) is 65.6 Å². The first-order valence-electron chi connectivity index (χ1n) is 8.63. The minimum atomic E-state index is -0.146. The molecule has 3 aliphatic heterocycles. The lowest BCUT2D eigenvalue weighted by atomic mass is 9.89. The normalized spacial score (nSPS) is 31.3. The molecule has 0 bridgehead atoms. The number of fused-ring (bicyclic) bond motifs is 1. The van der Waals surface area contributed by atoms with Crippen LogP contribution in [-0.2, 0) is 4.79 Å². The number of carbonyl (C=O) groups is 1. The fourth-order valence-corrected chi connectivity index (χ4v) is 4.10. The molecule has 3 N–H and O–H groups in total. The summed E-state index contributed by atoms with van der Waals surface area (Å²) in [5, 5.41) is 4.05. The molecule has 0 radical (unpaired) electrons. The van der Waals surface area contributed by atoms with Gasteiger partial charge < -0.3 is 15.0 Å². The van der Waals surface area contributed by atoms with E-state index in [0.717, 1.165) is 38.2 Å². The Kier molecular flexibility index (Phi) is 6.07. The molecule has 1 aromatic carbocycles. The number of halogens is 2. The Morgan fingerprint density at radius 2 is 2.16 bits per heavy atom. The molecule has 4 unspecified atom stereocenters. The number of carbonyl (C=O) groups excluding carboxylic acids is 1. The highest BCUT2D eigenvalue weighted by molar-refractivity contribution is 6.30. The molecule has 3 heterocycles. The number of rotatable bonds is 3. The Morgan fingerprint density at radius 3 is 3.00 bits per heavy atom. The maximum Gasteiger partial charge on any atom is 0.241 e. The average molecular weight is 387 g/mol. The predicted octanol–water partition coefficient (Wildman–Crippen LogP) is 1.20. The molecule has 3 aliphatic rings. The molecule has 1 aromatic rings. The second kappa shape index (κ2) is 8.10. The Hall–Kier alpha value is -1.05. The van der Waals surface area contributed by atoms with E-state index < -0.39 is 0 Å². The third-order valence-corrected chi connectivity index (χ3v) is 5.44. The highest BCUT2D eigenvalue weighted by atomic mass is 35.5. The Bertz CT molecular complexity index is 618. The van der Waals surface area contributed by atoms with Crippen LogP contribution >= 0.6 is 24.0 Å². The van der Waals surface area contributed by atoms with Crippen LogP contribution in [0.5, 0.6) is 5.75 Å². The van der Waals surface area contributed by atoms with E-state index in [4.69, 9.17) is 16.3 Å². The number of nitrogens with zero attached hydrogens (tertiary/aromatic N) is 1. The number of amides is 1. The van der Waals surface area contributed by atoms with Gasteiger partial charge in [0.2, 0.25) is 5.91 Å². The van der Waals surface area contributed by atoms with Crippen molar-refractivity contribution in [2.24, 2.45) is 5.92 Å². The van der Waals surface area contributed by atoms with Crippen LogP contribution in [0.4, 0.5) is 0 Å². The minimum absolute atomic E-state index is 0. The summed E-state index contributed by atoms with van der Waals surface area (Å²) in [4.78, 5) is 14.8. The van der Waals surface area contributed by atoms with Crippen molar-refractivity contribution in [1.82, 2.24) is 21.1 Å². The minimum Gasteiger partial charge on any atom is -0.488 e. The fraction of sp³-hybridized carbons (Fsp3) is 0.588. The van der Waals surface area contributed by atoms with Crippen LogP contribution in [0, 0.1) is 5.92 Å². The van der Waals surface area contributed by atoms with Crippen molar-refractivity contribution in [3.8, 4) is 5.75 Å². The first-order valence-corrected chi connectivity index (χ1v) is 9.01. The molecule has 0 aliphatic carbocycles. The van der Waals surface area contributed by atoms with Crippen LogP contribution in [0.15, 0.2) is 24.3 Å². The molecule has 138 valence electrons. The van der Waals surface area contributed by atoms with E-state index in [9.17, 15) is 4.79 Å². The summed E-state index contributed by atoms with van der Waals surface area (Å²) in [7, 11) is 0. The molecule has 0 spiro atoms. The van der Waals surface area contributed by atoms with E-state index in [-0.39, 0.29) is 30.5 Å². The first kappa shape index (κ1) is 18.7. The maximum atomic E-state index is 12.9. The van der Waals surface area contributed by atoms with Crippen molar-refractivity contribution in [1.29, 1.82) is 0 Å². The standard InChI is InChI=1S/C17H23ClN4O2.ClH/c18-11-2-1-3-12(8-11)24-13-5-7-22(10-13)17(23)16-14-9-19-6-4-15(14)20-21-16;/h1-3,8,13-16,19-21H,4-7,9-10H2;1H. The van der Waals surface area contributed by atoms with Gasteiger partial charge in [0.1, 0.15) is 17.9 Å². The lowest BCUT2D eigenvalue weighted by molar-refractivity contribution is -0.133. The van der Waals surface area contributed by atoms with Crippen LogP contribution in [0.25, 0.3) is 0 Å². The quantitative estimate of drug-likeness (QED) is 0.728. The van der Waals surface area contributed by atoms with Gasteiger partial charge in [-0.25, -0.2) is 5.43 Å². The van der Waals surface area contributed by atoms with E-state index in [2.05, 4.69) is 16.2 Å². The lowest BCUT2D eigenvalue weighted by Crippen LogP contribution is -2.50. The largest absolute Gasteiger partial charge is 0.488 e. The SMILES string of the molecule is Cl.O=C(C1NNC2CCNCC21)N1CCC(Oc2cccc(Cl)c2)C1. The van der Waals surface area contributed by atoms with Crippen LogP contribution in [0.2, 0.25) is 5.02 Å². The Balaban J connectivity index is 0.00000182.